The maximum atomic E-state index is 8.93. The molecule has 0 fully saturated rings. The summed E-state index contributed by atoms with van der Waals surface area (Å²) in [7, 11) is 0. The molecule has 1 aliphatic rings. The van der Waals surface area contributed by atoms with Crippen LogP contribution in [0.2, 0.25) is 0 Å². The lowest BCUT2D eigenvalue weighted by Gasteiger charge is -2.11. The second-order valence-electron chi connectivity index (χ2n) is 3.75. The summed E-state index contributed by atoms with van der Waals surface area (Å²) >= 11 is 0. The Balaban J connectivity index is 2.33. The van der Waals surface area contributed by atoms with Crippen molar-refractivity contribution in [2.45, 2.75) is 19.8 Å². The monoisotopic (exact) mass is 208 g/mol. The van der Waals surface area contributed by atoms with Gasteiger partial charge in [0.15, 0.2) is 11.5 Å². The molecule has 0 radical (unpaired) electrons. The summed E-state index contributed by atoms with van der Waals surface area (Å²) in [5.74, 6) is 1.63. The Bertz CT molecular complexity index is 347. The minimum Gasteiger partial charge on any atom is -0.490 e. The molecule has 0 atom stereocenters. The molecule has 0 saturated carbocycles. The average Bonchev–Trinajstić information content (AvgIpc) is 2.44. The Labute approximate surface area is 89.6 Å². The first kappa shape index (κ1) is 10.3. The maximum Gasteiger partial charge on any atom is 0.161 e. The van der Waals surface area contributed by atoms with Crippen LogP contribution in [0, 0.1) is 6.92 Å². The Hall–Kier alpha value is -1.22. The third kappa shape index (κ3) is 2.23. The van der Waals surface area contributed by atoms with Crippen molar-refractivity contribution >= 4 is 0 Å². The summed E-state index contributed by atoms with van der Waals surface area (Å²) in [5, 5.41) is 8.93. The molecule has 0 saturated heterocycles. The van der Waals surface area contributed by atoms with Gasteiger partial charge in [-0.25, -0.2) is 0 Å². The maximum absolute atomic E-state index is 8.93. The van der Waals surface area contributed by atoms with Crippen molar-refractivity contribution in [2.24, 2.45) is 0 Å². The number of ether oxygens (including phenoxy) is 2. The number of rotatable bonds is 2. The highest BCUT2D eigenvalue weighted by Crippen LogP contribution is 2.32. The van der Waals surface area contributed by atoms with Gasteiger partial charge in [-0.05, 0) is 36.6 Å². The summed E-state index contributed by atoms with van der Waals surface area (Å²) in [5.41, 5.74) is 2.27. The van der Waals surface area contributed by atoms with Crippen molar-refractivity contribution in [3.05, 3.63) is 23.3 Å². The average molecular weight is 208 g/mol. The van der Waals surface area contributed by atoms with Crippen LogP contribution in [-0.2, 0) is 6.42 Å². The topological polar surface area (TPSA) is 38.7 Å². The van der Waals surface area contributed by atoms with Crippen molar-refractivity contribution in [2.75, 3.05) is 19.8 Å². The summed E-state index contributed by atoms with van der Waals surface area (Å²) in [6, 6.07) is 3.97. The molecule has 3 nitrogen and oxygen atoms in total. The third-order valence-corrected chi connectivity index (χ3v) is 2.59. The number of aryl methyl sites for hydroxylation is 1. The molecular formula is C12H16O3. The van der Waals surface area contributed by atoms with Crippen LogP contribution in [0.25, 0.3) is 0 Å². The Morgan fingerprint density at radius 2 is 1.87 bits per heavy atom. The van der Waals surface area contributed by atoms with Gasteiger partial charge in [-0.3, -0.25) is 0 Å². The van der Waals surface area contributed by atoms with E-state index in [9.17, 15) is 0 Å². The zero-order chi connectivity index (χ0) is 10.7. The standard InChI is InChI=1S/C12H16O3/c1-9-7-11-12(8-10(9)3-4-13)15-6-2-5-14-11/h7-8,13H,2-6H2,1H3. The van der Waals surface area contributed by atoms with Gasteiger partial charge in [0.05, 0.1) is 13.2 Å². The fourth-order valence-corrected chi connectivity index (χ4v) is 1.74. The molecule has 0 unspecified atom stereocenters. The Kier molecular flexibility index (Phi) is 3.11. The molecule has 1 heterocycles. The van der Waals surface area contributed by atoms with Crippen molar-refractivity contribution in [3.63, 3.8) is 0 Å². The second kappa shape index (κ2) is 4.53. The molecule has 1 N–H and O–H groups in total. The minimum atomic E-state index is 0.167. The van der Waals surface area contributed by atoms with Crippen LogP contribution in [0.3, 0.4) is 0 Å². The highest BCUT2D eigenvalue weighted by atomic mass is 16.5. The molecule has 0 aliphatic carbocycles. The second-order valence-corrected chi connectivity index (χ2v) is 3.75. The fourth-order valence-electron chi connectivity index (χ4n) is 1.74. The lowest BCUT2D eigenvalue weighted by atomic mass is 10.1. The van der Waals surface area contributed by atoms with E-state index in [2.05, 4.69) is 0 Å². The van der Waals surface area contributed by atoms with E-state index < -0.39 is 0 Å². The van der Waals surface area contributed by atoms with Crippen molar-refractivity contribution in [1.82, 2.24) is 0 Å². The van der Waals surface area contributed by atoms with Crippen LogP contribution >= 0.6 is 0 Å². The molecule has 0 aromatic heterocycles. The van der Waals surface area contributed by atoms with Gasteiger partial charge < -0.3 is 14.6 Å². The predicted octanol–water partition coefficient (Wildman–Crippen LogP) is 1.69. The van der Waals surface area contributed by atoms with Gasteiger partial charge in [-0.15, -0.1) is 0 Å². The summed E-state index contributed by atoms with van der Waals surface area (Å²) < 4.78 is 11.2. The first-order valence-electron chi connectivity index (χ1n) is 5.31. The molecule has 0 amide bonds. The zero-order valence-electron chi connectivity index (χ0n) is 8.95. The lowest BCUT2D eigenvalue weighted by molar-refractivity contribution is 0.296. The van der Waals surface area contributed by atoms with E-state index in [1.54, 1.807) is 0 Å². The Morgan fingerprint density at radius 1 is 1.20 bits per heavy atom. The quantitative estimate of drug-likeness (QED) is 0.803. The van der Waals surface area contributed by atoms with E-state index >= 15 is 0 Å². The molecule has 0 bridgehead atoms. The summed E-state index contributed by atoms with van der Waals surface area (Å²) in [4.78, 5) is 0. The Morgan fingerprint density at radius 3 is 2.53 bits per heavy atom. The molecule has 0 spiro atoms. The lowest BCUT2D eigenvalue weighted by Crippen LogP contribution is -1.98. The molecule has 2 rings (SSSR count). The van der Waals surface area contributed by atoms with E-state index in [0.29, 0.717) is 19.6 Å². The van der Waals surface area contributed by atoms with Gasteiger partial charge in [0.2, 0.25) is 0 Å². The third-order valence-electron chi connectivity index (χ3n) is 2.59. The fraction of sp³-hybridized carbons (Fsp3) is 0.500. The van der Waals surface area contributed by atoms with Gasteiger partial charge in [-0.1, -0.05) is 0 Å². The van der Waals surface area contributed by atoms with E-state index in [0.717, 1.165) is 29.0 Å². The van der Waals surface area contributed by atoms with E-state index in [4.69, 9.17) is 14.6 Å². The number of aliphatic hydroxyl groups is 1. The first-order valence-corrected chi connectivity index (χ1v) is 5.31. The molecule has 1 aromatic carbocycles. The molecular weight excluding hydrogens is 192 g/mol. The van der Waals surface area contributed by atoms with Gasteiger partial charge in [0.25, 0.3) is 0 Å². The van der Waals surface area contributed by atoms with Crippen LogP contribution in [-0.4, -0.2) is 24.9 Å². The van der Waals surface area contributed by atoms with Crippen LogP contribution in [0.1, 0.15) is 17.5 Å². The highest BCUT2D eigenvalue weighted by molar-refractivity contribution is 5.47. The number of hydrogen-bond acceptors (Lipinski definition) is 3. The molecule has 1 aromatic rings. The predicted molar refractivity (Wildman–Crippen MR) is 57.6 cm³/mol. The first-order chi connectivity index (χ1) is 7.31. The number of aliphatic hydroxyl groups excluding tert-OH is 1. The molecule has 82 valence electrons. The summed E-state index contributed by atoms with van der Waals surface area (Å²) in [6.45, 7) is 3.61. The van der Waals surface area contributed by atoms with E-state index in [1.165, 1.54) is 0 Å². The number of fused-ring (bicyclic) bond motifs is 1. The van der Waals surface area contributed by atoms with Crippen LogP contribution in [0.5, 0.6) is 11.5 Å². The van der Waals surface area contributed by atoms with E-state index in [1.807, 2.05) is 19.1 Å². The van der Waals surface area contributed by atoms with Crippen LogP contribution < -0.4 is 9.47 Å². The van der Waals surface area contributed by atoms with E-state index in [-0.39, 0.29) is 6.61 Å². The molecule has 3 heteroatoms. The SMILES string of the molecule is Cc1cc2c(cc1CCO)OCCCO2. The minimum absolute atomic E-state index is 0.167. The molecule has 1 aliphatic heterocycles. The zero-order valence-corrected chi connectivity index (χ0v) is 8.95. The van der Waals surface area contributed by atoms with Crippen molar-refractivity contribution in [1.29, 1.82) is 0 Å². The van der Waals surface area contributed by atoms with Crippen LogP contribution in [0.15, 0.2) is 12.1 Å². The molecule has 15 heavy (non-hydrogen) atoms. The van der Waals surface area contributed by atoms with Gasteiger partial charge >= 0.3 is 0 Å². The smallest absolute Gasteiger partial charge is 0.161 e. The summed E-state index contributed by atoms with van der Waals surface area (Å²) in [6.07, 6.45) is 1.59. The largest absolute Gasteiger partial charge is 0.490 e. The normalized spacial score (nSPS) is 14.8. The van der Waals surface area contributed by atoms with Gasteiger partial charge in [0, 0.05) is 13.0 Å². The highest BCUT2D eigenvalue weighted by Gasteiger charge is 2.12. The van der Waals surface area contributed by atoms with Gasteiger partial charge in [0.1, 0.15) is 0 Å². The number of benzene rings is 1. The van der Waals surface area contributed by atoms with Crippen molar-refractivity contribution in [3.8, 4) is 11.5 Å². The van der Waals surface area contributed by atoms with Crippen LogP contribution in [0.4, 0.5) is 0 Å². The van der Waals surface area contributed by atoms with Gasteiger partial charge in [-0.2, -0.15) is 0 Å². The number of hydrogen-bond donors (Lipinski definition) is 1. The van der Waals surface area contributed by atoms with Crippen molar-refractivity contribution < 1.29 is 14.6 Å².